The van der Waals surface area contributed by atoms with E-state index in [2.05, 4.69) is 15.0 Å². The SMILES string of the molecule is CN(Cc1ccc(O)c(O)c1)c1nc(N)nc(N)n1. The Kier molecular flexibility index (Phi) is 3.23. The molecule has 0 spiro atoms. The molecule has 1 aromatic heterocycles. The molecule has 1 heterocycles. The molecule has 0 radical (unpaired) electrons. The highest BCUT2D eigenvalue weighted by molar-refractivity contribution is 5.43. The van der Waals surface area contributed by atoms with Gasteiger partial charge in [0.1, 0.15) is 0 Å². The van der Waals surface area contributed by atoms with Crippen molar-refractivity contribution >= 4 is 17.8 Å². The van der Waals surface area contributed by atoms with Crippen LogP contribution in [0.15, 0.2) is 18.2 Å². The monoisotopic (exact) mass is 262 g/mol. The molecule has 0 amide bonds. The molecule has 0 saturated heterocycles. The summed E-state index contributed by atoms with van der Waals surface area (Å²) in [5.74, 6) is 0.0731. The van der Waals surface area contributed by atoms with Crippen LogP contribution >= 0.6 is 0 Å². The third-order valence-corrected chi connectivity index (χ3v) is 2.46. The Hall–Kier alpha value is -2.77. The fourth-order valence-corrected chi connectivity index (χ4v) is 1.58. The first kappa shape index (κ1) is 12.7. The van der Waals surface area contributed by atoms with Crippen LogP contribution in [-0.4, -0.2) is 32.2 Å². The molecular weight excluding hydrogens is 248 g/mol. The molecule has 0 fully saturated rings. The standard InChI is InChI=1S/C11H14N6O2/c1-17(11-15-9(12)14-10(13)16-11)5-6-2-3-7(18)8(19)4-6/h2-4,18-19H,5H2,1H3,(H4,12,13,14,15,16). The number of benzene rings is 1. The van der Waals surface area contributed by atoms with Gasteiger partial charge in [-0.2, -0.15) is 15.0 Å². The number of rotatable bonds is 3. The molecule has 0 aliphatic rings. The summed E-state index contributed by atoms with van der Waals surface area (Å²) in [5.41, 5.74) is 11.8. The summed E-state index contributed by atoms with van der Waals surface area (Å²) in [6.07, 6.45) is 0. The topological polar surface area (TPSA) is 134 Å². The van der Waals surface area contributed by atoms with Crippen LogP contribution in [0.3, 0.4) is 0 Å². The van der Waals surface area contributed by atoms with Crippen molar-refractivity contribution in [2.45, 2.75) is 6.54 Å². The Labute approximate surface area is 109 Å². The third kappa shape index (κ3) is 2.92. The molecular formula is C11H14N6O2. The molecule has 8 nitrogen and oxygen atoms in total. The number of nitrogens with two attached hydrogens (primary N) is 2. The molecule has 100 valence electrons. The Morgan fingerprint density at radius 1 is 1.05 bits per heavy atom. The highest BCUT2D eigenvalue weighted by Gasteiger charge is 2.09. The quantitative estimate of drug-likeness (QED) is 0.571. The smallest absolute Gasteiger partial charge is 0.231 e. The Morgan fingerprint density at radius 3 is 2.26 bits per heavy atom. The van der Waals surface area contributed by atoms with Gasteiger partial charge in [-0.1, -0.05) is 6.07 Å². The molecule has 0 bridgehead atoms. The number of hydrogen-bond acceptors (Lipinski definition) is 8. The molecule has 6 N–H and O–H groups in total. The van der Waals surface area contributed by atoms with E-state index in [1.54, 1.807) is 18.0 Å². The molecule has 0 atom stereocenters. The molecule has 2 rings (SSSR count). The maximum absolute atomic E-state index is 9.42. The van der Waals surface area contributed by atoms with E-state index >= 15 is 0 Å². The Morgan fingerprint density at radius 2 is 1.68 bits per heavy atom. The van der Waals surface area contributed by atoms with Crippen molar-refractivity contribution in [3.8, 4) is 11.5 Å². The predicted octanol–water partition coefficient (Wildman–Crippen LogP) is 0.0836. The molecule has 2 aromatic rings. The molecule has 8 heteroatoms. The molecule has 0 aliphatic heterocycles. The summed E-state index contributed by atoms with van der Waals surface area (Å²) < 4.78 is 0. The minimum absolute atomic E-state index is 0.0444. The van der Waals surface area contributed by atoms with Crippen LogP contribution in [0.2, 0.25) is 0 Å². The van der Waals surface area contributed by atoms with Crippen LogP contribution in [0, 0.1) is 0 Å². The summed E-state index contributed by atoms with van der Waals surface area (Å²) in [5, 5.41) is 18.7. The predicted molar refractivity (Wildman–Crippen MR) is 70.5 cm³/mol. The van der Waals surface area contributed by atoms with Gasteiger partial charge in [-0.25, -0.2) is 0 Å². The highest BCUT2D eigenvalue weighted by Crippen LogP contribution is 2.25. The van der Waals surface area contributed by atoms with Crippen LogP contribution in [0.1, 0.15) is 5.56 Å². The van der Waals surface area contributed by atoms with E-state index in [9.17, 15) is 10.2 Å². The van der Waals surface area contributed by atoms with Gasteiger partial charge in [-0.05, 0) is 17.7 Å². The molecule has 1 aromatic carbocycles. The van der Waals surface area contributed by atoms with Gasteiger partial charge in [0.25, 0.3) is 0 Å². The van der Waals surface area contributed by atoms with Crippen molar-refractivity contribution in [1.82, 2.24) is 15.0 Å². The number of anilines is 3. The number of aromatic hydroxyl groups is 2. The van der Waals surface area contributed by atoms with Crippen molar-refractivity contribution in [2.24, 2.45) is 0 Å². The summed E-state index contributed by atoms with van der Waals surface area (Å²) in [7, 11) is 1.75. The van der Waals surface area contributed by atoms with Crippen LogP contribution in [0.4, 0.5) is 17.8 Å². The lowest BCUT2D eigenvalue weighted by Crippen LogP contribution is -2.20. The maximum atomic E-state index is 9.42. The summed E-state index contributed by atoms with van der Waals surface area (Å²) in [4.78, 5) is 13.3. The number of phenolic OH excluding ortho intramolecular Hbond substituents is 2. The summed E-state index contributed by atoms with van der Waals surface area (Å²) in [6, 6.07) is 4.55. The van der Waals surface area contributed by atoms with E-state index in [0.29, 0.717) is 12.5 Å². The van der Waals surface area contributed by atoms with Gasteiger partial charge < -0.3 is 26.6 Å². The first-order chi connectivity index (χ1) is 8.95. The van der Waals surface area contributed by atoms with Gasteiger partial charge in [0.05, 0.1) is 0 Å². The van der Waals surface area contributed by atoms with Crippen molar-refractivity contribution in [3.05, 3.63) is 23.8 Å². The minimum atomic E-state index is -0.180. The minimum Gasteiger partial charge on any atom is -0.504 e. The fraction of sp³-hybridized carbons (Fsp3) is 0.182. The van der Waals surface area contributed by atoms with E-state index in [-0.39, 0.29) is 23.4 Å². The average molecular weight is 262 g/mol. The second-order valence-electron chi connectivity index (χ2n) is 4.03. The van der Waals surface area contributed by atoms with Gasteiger partial charge in [0.2, 0.25) is 17.8 Å². The summed E-state index contributed by atoms with van der Waals surface area (Å²) >= 11 is 0. The second kappa shape index (κ2) is 4.84. The zero-order valence-electron chi connectivity index (χ0n) is 10.3. The van der Waals surface area contributed by atoms with Crippen molar-refractivity contribution in [2.75, 3.05) is 23.4 Å². The van der Waals surface area contributed by atoms with Crippen LogP contribution in [0.5, 0.6) is 11.5 Å². The number of hydrogen-bond donors (Lipinski definition) is 4. The van der Waals surface area contributed by atoms with Gasteiger partial charge in [0, 0.05) is 13.6 Å². The zero-order valence-corrected chi connectivity index (χ0v) is 10.3. The molecule has 0 aliphatic carbocycles. The van der Waals surface area contributed by atoms with E-state index in [1.165, 1.54) is 12.1 Å². The third-order valence-electron chi connectivity index (χ3n) is 2.46. The van der Waals surface area contributed by atoms with E-state index in [0.717, 1.165) is 5.56 Å². The van der Waals surface area contributed by atoms with Gasteiger partial charge in [-0.15, -0.1) is 0 Å². The van der Waals surface area contributed by atoms with Gasteiger partial charge in [-0.3, -0.25) is 0 Å². The van der Waals surface area contributed by atoms with Crippen molar-refractivity contribution in [3.63, 3.8) is 0 Å². The normalized spacial score (nSPS) is 10.4. The number of aromatic nitrogens is 3. The van der Waals surface area contributed by atoms with Crippen molar-refractivity contribution in [1.29, 1.82) is 0 Å². The molecule has 19 heavy (non-hydrogen) atoms. The van der Waals surface area contributed by atoms with Crippen LogP contribution in [0.25, 0.3) is 0 Å². The summed E-state index contributed by atoms with van der Waals surface area (Å²) in [6.45, 7) is 0.413. The maximum Gasteiger partial charge on any atom is 0.231 e. The first-order valence-electron chi connectivity index (χ1n) is 5.44. The lowest BCUT2D eigenvalue weighted by atomic mass is 10.2. The van der Waals surface area contributed by atoms with E-state index < -0.39 is 0 Å². The fourth-order valence-electron chi connectivity index (χ4n) is 1.58. The van der Waals surface area contributed by atoms with Crippen molar-refractivity contribution < 1.29 is 10.2 Å². The van der Waals surface area contributed by atoms with Gasteiger partial charge >= 0.3 is 0 Å². The zero-order chi connectivity index (χ0) is 14.0. The van der Waals surface area contributed by atoms with Gasteiger partial charge in [0.15, 0.2) is 11.5 Å². The number of nitrogen functional groups attached to an aromatic ring is 2. The number of phenols is 2. The molecule has 0 unspecified atom stereocenters. The Balaban J connectivity index is 2.20. The van der Waals surface area contributed by atoms with E-state index in [4.69, 9.17) is 11.5 Å². The average Bonchev–Trinajstić information content (AvgIpc) is 2.32. The van der Waals surface area contributed by atoms with Crippen LogP contribution in [-0.2, 0) is 6.54 Å². The lowest BCUT2D eigenvalue weighted by Gasteiger charge is -2.17. The van der Waals surface area contributed by atoms with Crippen LogP contribution < -0.4 is 16.4 Å². The second-order valence-corrected chi connectivity index (χ2v) is 4.03. The largest absolute Gasteiger partial charge is 0.504 e. The van der Waals surface area contributed by atoms with E-state index in [1.807, 2.05) is 0 Å². The first-order valence-corrected chi connectivity index (χ1v) is 5.44. The molecule has 0 saturated carbocycles. The lowest BCUT2D eigenvalue weighted by molar-refractivity contribution is 0.403. The highest BCUT2D eigenvalue weighted by atomic mass is 16.3. The number of nitrogens with zero attached hydrogens (tertiary/aromatic N) is 4. The Bertz CT molecular complexity index is 583.